The molecule has 0 aromatic heterocycles. The van der Waals surface area contributed by atoms with E-state index in [-0.39, 0.29) is 11.8 Å². The molecule has 0 bridgehead atoms. The molecule has 0 spiro atoms. The Bertz CT molecular complexity index is 712. The van der Waals surface area contributed by atoms with Crippen LogP contribution in [0.2, 0.25) is 0 Å². The van der Waals surface area contributed by atoms with E-state index in [2.05, 4.69) is 10.9 Å². The van der Waals surface area contributed by atoms with Gasteiger partial charge in [-0.1, -0.05) is 18.2 Å². The Kier molecular flexibility index (Phi) is 5.92. The highest BCUT2D eigenvalue weighted by Crippen LogP contribution is 2.13. The fourth-order valence-electron chi connectivity index (χ4n) is 2.10. The first kappa shape index (κ1) is 17.5. The first-order valence-electron chi connectivity index (χ1n) is 7.47. The summed E-state index contributed by atoms with van der Waals surface area (Å²) >= 11 is 0. The van der Waals surface area contributed by atoms with Gasteiger partial charge in [-0.25, -0.2) is 0 Å². The van der Waals surface area contributed by atoms with Gasteiger partial charge in [-0.3, -0.25) is 20.4 Å². The van der Waals surface area contributed by atoms with E-state index >= 15 is 0 Å². The molecule has 0 saturated carbocycles. The summed E-state index contributed by atoms with van der Waals surface area (Å²) in [6, 6.07) is 14.1. The number of carbonyl (C=O) groups is 2. The monoisotopic (exact) mass is 327 g/mol. The number of hydrogen-bond acceptors (Lipinski definition) is 4. The van der Waals surface area contributed by atoms with E-state index in [1.54, 1.807) is 49.6 Å². The SMILES string of the molecule is COCc1ccc(C(=O)NNC(=O)c2cccc(N(C)C)c2)cc1. The lowest BCUT2D eigenvalue weighted by Gasteiger charge is -2.13. The number of nitrogens with one attached hydrogen (secondary N) is 2. The third-order valence-electron chi connectivity index (χ3n) is 3.44. The summed E-state index contributed by atoms with van der Waals surface area (Å²) < 4.78 is 5.02. The normalized spacial score (nSPS) is 10.1. The van der Waals surface area contributed by atoms with Gasteiger partial charge in [0.25, 0.3) is 11.8 Å². The number of carbonyl (C=O) groups excluding carboxylic acids is 2. The van der Waals surface area contributed by atoms with E-state index in [1.807, 2.05) is 25.1 Å². The summed E-state index contributed by atoms with van der Waals surface area (Å²) in [7, 11) is 5.40. The molecule has 0 aliphatic heterocycles. The second-order valence-electron chi connectivity index (χ2n) is 5.48. The van der Waals surface area contributed by atoms with Gasteiger partial charge in [-0.2, -0.15) is 0 Å². The molecule has 0 atom stereocenters. The Morgan fingerprint density at radius 1 is 0.958 bits per heavy atom. The zero-order valence-electron chi connectivity index (χ0n) is 14.0. The molecule has 0 aliphatic carbocycles. The number of nitrogens with zero attached hydrogens (tertiary/aromatic N) is 1. The molecule has 2 rings (SSSR count). The largest absolute Gasteiger partial charge is 0.380 e. The molecule has 6 nitrogen and oxygen atoms in total. The maximum atomic E-state index is 12.1. The second-order valence-corrected chi connectivity index (χ2v) is 5.48. The van der Waals surface area contributed by atoms with Crippen LogP contribution in [0.4, 0.5) is 5.69 Å². The molecule has 0 heterocycles. The summed E-state index contributed by atoms with van der Waals surface area (Å²) in [6.45, 7) is 0.487. The molecular weight excluding hydrogens is 306 g/mol. The Labute approximate surface area is 141 Å². The zero-order chi connectivity index (χ0) is 17.5. The average molecular weight is 327 g/mol. The van der Waals surface area contributed by atoms with Crippen molar-refractivity contribution in [2.24, 2.45) is 0 Å². The van der Waals surface area contributed by atoms with E-state index in [9.17, 15) is 9.59 Å². The van der Waals surface area contributed by atoms with Gasteiger partial charge in [0.05, 0.1) is 6.61 Å². The standard InChI is InChI=1S/C18H21N3O3/c1-21(2)16-6-4-5-15(11-16)18(23)20-19-17(22)14-9-7-13(8-10-14)12-24-3/h4-11H,12H2,1-3H3,(H,19,22)(H,20,23). The van der Waals surface area contributed by atoms with E-state index in [4.69, 9.17) is 4.74 Å². The number of methoxy groups -OCH3 is 1. The van der Waals surface area contributed by atoms with Crippen molar-refractivity contribution in [3.63, 3.8) is 0 Å². The van der Waals surface area contributed by atoms with Crippen LogP contribution < -0.4 is 15.8 Å². The van der Waals surface area contributed by atoms with Crippen LogP contribution >= 0.6 is 0 Å². The average Bonchev–Trinajstić information content (AvgIpc) is 2.60. The van der Waals surface area contributed by atoms with Crippen LogP contribution in [0.1, 0.15) is 26.3 Å². The minimum atomic E-state index is -0.379. The van der Waals surface area contributed by atoms with Crippen LogP contribution in [-0.2, 0) is 11.3 Å². The van der Waals surface area contributed by atoms with E-state index in [1.165, 1.54) is 0 Å². The second kappa shape index (κ2) is 8.12. The molecule has 0 radical (unpaired) electrons. The molecule has 0 saturated heterocycles. The minimum absolute atomic E-state index is 0.372. The highest BCUT2D eigenvalue weighted by atomic mass is 16.5. The van der Waals surface area contributed by atoms with Gasteiger partial charge in [0, 0.05) is 38.0 Å². The van der Waals surface area contributed by atoms with Crippen LogP contribution in [0, 0.1) is 0 Å². The smallest absolute Gasteiger partial charge is 0.269 e. The first-order valence-corrected chi connectivity index (χ1v) is 7.47. The van der Waals surface area contributed by atoms with Crippen molar-refractivity contribution in [1.29, 1.82) is 0 Å². The minimum Gasteiger partial charge on any atom is -0.380 e. The fraction of sp³-hybridized carbons (Fsp3) is 0.222. The lowest BCUT2D eigenvalue weighted by atomic mass is 10.1. The number of anilines is 1. The number of rotatable bonds is 5. The summed E-state index contributed by atoms with van der Waals surface area (Å²) in [4.78, 5) is 26.1. The molecule has 0 aliphatic rings. The molecule has 6 heteroatoms. The molecule has 2 aromatic rings. The summed E-state index contributed by atoms with van der Waals surface area (Å²) in [5, 5.41) is 0. The summed E-state index contributed by atoms with van der Waals surface area (Å²) in [6.07, 6.45) is 0. The fourth-order valence-corrected chi connectivity index (χ4v) is 2.10. The number of benzene rings is 2. The predicted molar refractivity (Wildman–Crippen MR) is 92.9 cm³/mol. The van der Waals surface area contributed by atoms with Gasteiger partial charge < -0.3 is 9.64 Å². The van der Waals surface area contributed by atoms with Crippen molar-refractivity contribution in [3.05, 3.63) is 65.2 Å². The van der Waals surface area contributed by atoms with Crippen LogP contribution in [0.3, 0.4) is 0 Å². The number of hydrazine groups is 1. The van der Waals surface area contributed by atoms with Crippen LogP contribution in [0.25, 0.3) is 0 Å². The van der Waals surface area contributed by atoms with Crippen LogP contribution in [-0.4, -0.2) is 33.0 Å². The summed E-state index contributed by atoms with van der Waals surface area (Å²) in [5.41, 5.74) is 7.64. The van der Waals surface area contributed by atoms with Gasteiger partial charge in [0.1, 0.15) is 0 Å². The van der Waals surface area contributed by atoms with Crippen molar-refractivity contribution in [3.8, 4) is 0 Å². The molecule has 2 N–H and O–H groups in total. The predicted octanol–water partition coefficient (Wildman–Crippen LogP) is 1.97. The third kappa shape index (κ3) is 4.57. The van der Waals surface area contributed by atoms with Gasteiger partial charge in [-0.05, 0) is 35.9 Å². The lowest BCUT2D eigenvalue weighted by molar-refractivity contribution is 0.0846. The van der Waals surface area contributed by atoms with Crippen molar-refractivity contribution in [1.82, 2.24) is 10.9 Å². The van der Waals surface area contributed by atoms with Gasteiger partial charge in [-0.15, -0.1) is 0 Å². The number of amides is 2. The number of hydrogen-bond donors (Lipinski definition) is 2. The van der Waals surface area contributed by atoms with E-state index < -0.39 is 0 Å². The van der Waals surface area contributed by atoms with E-state index in [0.717, 1.165) is 11.3 Å². The van der Waals surface area contributed by atoms with Crippen molar-refractivity contribution >= 4 is 17.5 Å². The van der Waals surface area contributed by atoms with Crippen molar-refractivity contribution in [2.45, 2.75) is 6.61 Å². The van der Waals surface area contributed by atoms with Crippen LogP contribution in [0.5, 0.6) is 0 Å². The van der Waals surface area contributed by atoms with Crippen LogP contribution in [0.15, 0.2) is 48.5 Å². The van der Waals surface area contributed by atoms with E-state index in [0.29, 0.717) is 17.7 Å². The Morgan fingerprint density at radius 2 is 1.58 bits per heavy atom. The van der Waals surface area contributed by atoms with Gasteiger partial charge in [0.2, 0.25) is 0 Å². The Morgan fingerprint density at radius 3 is 2.17 bits per heavy atom. The molecule has 0 unspecified atom stereocenters. The Balaban J connectivity index is 1.95. The van der Waals surface area contributed by atoms with Gasteiger partial charge >= 0.3 is 0 Å². The highest BCUT2D eigenvalue weighted by molar-refractivity contribution is 5.99. The van der Waals surface area contributed by atoms with Crippen molar-refractivity contribution in [2.75, 3.05) is 26.1 Å². The molecule has 0 fully saturated rings. The van der Waals surface area contributed by atoms with Crippen molar-refractivity contribution < 1.29 is 14.3 Å². The quantitative estimate of drug-likeness (QED) is 0.824. The lowest BCUT2D eigenvalue weighted by Crippen LogP contribution is -2.41. The first-order chi connectivity index (χ1) is 11.5. The maximum absolute atomic E-state index is 12.1. The third-order valence-corrected chi connectivity index (χ3v) is 3.44. The molecule has 2 amide bonds. The maximum Gasteiger partial charge on any atom is 0.269 e. The molecule has 24 heavy (non-hydrogen) atoms. The molecule has 2 aromatic carbocycles. The molecular formula is C18H21N3O3. The Hall–Kier alpha value is -2.86. The zero-order valence-corrected chi connectivity index (χ0v) is 14.0. The molecule has 126 valence electrons. The highest BCUT2D eigenvalue weighted by Gasteiger charge is 2.10. The number of ether oxygens (including phenoxy) is 1. The topological polar surface area (TPSA) is 70.7 Å². The summed E-state index contributed by atoms with van der Waals surface area (Å²) in [5.74, 6) is -0.751. The van der Waals surface area contributed by atoms with Gasteiger partial charge in [0.15, 0.2) is 0 Å².